The zero-order valence-electron chi connectivity index (χ0n) is 26.8. The third-order valence-corrected chi connectivity index (χ3v) is 8.36. The Balaban J connectivity index is 0.00000141. The van der Waals surface area contributed by atoms with Crippen LogP contribution in [-0.2, 0) is 16.1 Å². The predicted octanol–water partition coefficient (Wildman–Crippen LogP) is 9.03. The van der Waals surface area contributed by atoms with E-state index in [0.717, 1.165) is 23.0 Å². The standard InChI is InChI=1S/C38H42N2O.CO2/c1-25(2)31-14-11-15-32(22-31)36(38(5,6)7)39-37(41)33-20-21-35-34(23-33)26(3)27(4)40(35)24-28-16-18-30(19-17-28)29-12-9-8-10-13-29;2-1-3/h8-23,25,36H,24H2,1-7H3,(H,39,41);/t36-;/m1./s1. The fourth-order valence-corrected chi connectivity index (χ4v) is 5.72. The molecule has 1 heterocycles. The lowest BCUT2D eigenvalue weighted by molar-refractivity contribution is -0.191. The first-order valence-electron chi connectivity index (χ1n) is 15.1. The van der Waals surface area contributed by atoms with E-state index in [2.05, 4.69) is 143 Å². The first-order valence-corrected chi connectivity index (χ1v) is 15.1. The molecule has 0 unspecified atom stereocenters. The monoisotopic (exact) mass is 586 g/mol. The molecule has 0 fully saturated rings. The number of hydrogen-bond acceptors (Lipinski definition) is 3. The number of rotatable bonds is 7. The van der Waals surface area contributed by atoms with Crippen molar-refractivity contribution in [2.45, 2.75) is 67.0 Å². The number of carbonyl (C=O) groups is 1. The van der Waals surface area contributed by atoms with Gasteiger partial charge in [-0.05, 0) is 76.8 Å². The molecule has 0 radical (unpaired) electrons. The van der Waals surface area contributed by atoms with Gasteiger partial charge in [0.05, 0.1) is 6.04 Å². The molecule has 5 rings (SSSR count). The van der Waals surface area contributed by atoms with Gasteiger partial charge in [-0.2, -0.15) is 9.59 Å². The molecule has 1 aromatic heterocycles. The van der Waals surface area contributed by atoms with Gasteiger partial charge in [-0.1, -0.05) is 113 Å². The maximum atomic E-state index is 13.7. The summed E-state index contributed by atoms with van der Waals surface area (Å²) in [7, 11) is 0. The second-order valence-electron chi connectivity index (χ2n) is 12.8. The second-order valence-corrected chi connectivity index (χ2v) is 12.8. The van der Waals surface area contributed by atoms with Crippen molar-refractivity contribution in [2.24, 2.45) is 5.41 Å². The van der Waals surface area contributed by atoms with Gasteiger partial charge in [0, 0.05) is 28.7 Å². The van der Waals surface area contributed by atoms with E-state index >= 15 is 0 Å². The summed E-state index contributed by atoms with van der Waals surface area (Å²) in [5.74, 6) is 0.397. The Morgan fingerprint density at radius 3 is 2.02 bits per heavy atom. The van der Waals surface area contributed by atoms with E-state index in [0.29, 0.717) is 11.5 Å². The van der Waals surface area contributed by atoms with E-state index in [1.807, 2.05) is 12.1 Å². The summed E-state index contributed by atoms with van der Waals surface area (Å²) in [4.78, 5) is 29.9. The number of nitrogens with zero attached hydrogens (tertiary/aromatic N) is 1. The Kier molecular flexibility index (Phi) is 10.0. The average Bonchev–Trinajstić information content (AvgIpc) is 3.24. The number of aromatic nitrogens is 1. The van der Waals surface area contributed by atoms with Gasteiger partial charge in [0.2, 0.25) is 0 Å². The molecule has 5 aromatic rings. The lowest BCUT2D eigenvalue weighted by Crippen LogP contribution is -2.36. The molecule has 5 heteroatoms. The highest BCUT2D eigenvalue weighted by atomic mass is 16.2. The predicted molar refractivity (Wildman–Crippen MR) is 178 cm³/mol. The van der Waals surface area contributed by atoms with E-state index < -0.39 is 0 Å². The zero-order chi connectivity index (χ0) is 32.0. The highest BCUT2D eigenvalue weighted by molar-refractivity contribution is 5.99. The minimum atomic E-state index is -0.138. The highest BCUT2D eigenvalue weighted by Gasteiger charge is 2.29. The average molecular weight is 587 g/mol. The van der Waals surface area contributed by atoms with Crippen molar-refractivity contribution in [3.8, 4) is 11.1 Å². The molecule has 1 amide bonds. The van der Waals surface area contributed by atoms with Crippen LogP contribution in [0.5, 0.6) is 0 Å². The number of amides is 1. The van der Waals surface area contributed by atoms with Crippen LogP contribution in [0.2, 0.25) is 0 Å². The molecule has 0 saturated carbocycles. The lowest BCUT2D eigenvalue weighted by atomic mass is 9.81. The Morgan fingerprint density at radius 1 is 0.795 bits per heavy atom. The smallest absolute Gasteiger partial charge is 0.345 e. The Bertz CT molecular complexity index is 1770. The number of aryl methyl sites for hydroxylation is 1. The molecule has 0 spiro atoms. The fourth-order valence-electron chi connectivity index (χ4n) is 5.72. The van der Waals surface area contributed by atoms with Crippen molar-refractivity contribution < 1.29 is 14.4 Å². The molecular weight excluding hydrogens is 544 g/mol. The van der Waals surface area contributed by atoms with Gasteiger partial charge >= 0.3 is 6.15 Å². The van der Waals surface area contributed by atoms with Gasteiger partial charge in [-0.15, -0.1) is 0 Å². The van der Waals surface area contributed by atoms with E-state index in [-0.39, 0.29) is 23.5 Å². The third-order valence-electron chi connectivity index (χ3n) is 8.36. The van der Waals surface area contributed by atoms with Crippen LogP contribution >= 0.6 is 0 Å². The number of fused-ring (bicyclic) bond motifs is 1. The molecule has 226 valence electrons. The molecule has 4 aromatic carbocycles. The Labute approximate surface area is 260 Å². The van der Waals surface area contributed by atoms with E-state index in [9.17, 15) is 4.79 Å². The molecule has 44 heavy (non-hydrogen) atoms. The molecule has 0 aliphatic heterocycles. The van der Waals surface area contributed by atoms with Crippen molar-refractivity contribution in [1.29, 1.82) is 0 Å². The van der Waals surface area contributed by atoms with Gasteiger partial charge in [0.1, 0.15) is 0 Å². The quantitative estimate of drug-likeness (QED) is 0.207. The molecule has 0 saturated heterocycles. The largest absolute Gasteiger partial charge is 0.373 e. The fraction of sp³-hybridized carbons (Fsp3) is 0.282. The summed E-state index contributed by atoms with van der Waals surface area (Å²) in [5, 5.41) is 4.50. The van der Waals surface area contributed by atoms with Crippen molar-refractivity contribution >= 4 is 23.0 Å². The first-order chi connectivity index (χ1) is 20.9. The maximum absolute atomic E-state index is 13.7. The van der Waals surface area contributed by atoms with Crippen LogP contribution in [0.3, 0.4) is 0 Å². The van der Waals surface area contributed by atoms with Crippen LogP contribution in [-0.4, -0.2) is 16.6 Å². The van der Waals surface area contributed by atoms with Gasteiger partial charge in [-0.3, -0.25) is 4.79 Å². The van der Waals surface area contributed by atoms with Crippen LogP contribution in [0.4, 0.5) is 0 Å². The molecule has 1 atom stereocenters. The van der Waals surface area contributed by atoms with Crippen LogP contribution in [0, 0.1) is 19.3 Å². The van der Waals surface area contributed by atoms with Gasteiger partial charge in [0.25, 0.3) is 5.91 Å². The summed E-state index contributed by atoms with van der Waals surface area (Å²) >= 11 is 0. The Morgan fingerprint density at radius 2 is 1.41 bits per heavy atom. The van der Waals surface area contributed by atoms with Crippen molar-refractivity contribution in [3.63, 3.8) is 0 Å². The van der Waals surface area contributed by atoms with Crippen LogP contribution < -0.4 is 5.32 Å². The highest BCUT2D eigenvalue weighted by Crippen LogP contribution is 2.35. The topological polar surface area (TPSA) is 68.2 Å². The number of carbonyl (C=O) groups excluding carboxylic acids is 3. The van der Waals surface area contributed by atoms with E-state index in [1.165, 1.54) is 33.5 Å². The van der Waals surface area contributed by atoms with Gasteiger partial charge < -0.3 is 9.88 Å². The Hall–Kier alpha value is -4.73. The van der Waals surface area contributed by atoms with Crippen molar-refractivity contribution in [3.05, 3.63) is 131 Å². The number of benzene rings is 4. The summed E-state index contributed by atoms with van der Waals surface area (Å²) in [6.45, 7) is 16.1. The molecule has 0 aliphatic rings. The van der Waals surface area contributed by atoms with Gasteiger partial charge in [0.15, 0.2) is 0 Å². The molecule has 0 bridgehead atoms. The molecule has 5 nitrogen and oxygen atoms in total. The van der Waals surface area contributed by atoms with Crippen molar-refractivity contribution in [2.75, 3.05) is 0 Å². The maximum Gasteiger partial charge on any atom is 0.373 e. The van der Waals surface area contributed by atoms with Crippen molar-refractivity contribution in [1.82, 2.24) is 9.88 Å². The molecule has 0 aliphatic carbocycles. The third kappa shape index (κ3) is 7.24. The summed E-state index contributed by atoms with van der Waals surface area (Å²) in [6, 6.07) is 34.0. The first kappa shape index (κ1) is 32.2. The van der Waals surface area contributed by atoms with Crippen LogP contribution in [0.1, 0.15) is 84.9 Å². The summed E-state index contributed by atoms with van der Waals surface area (Å²) in [6.07, 6.45) is 0.250. The minimum Gasteiger partial charge on any atom is -0.345 e. The SMILES string of the molecule is Cc1c(C)n(Cc2ccc(-c3ccccc3)cc2)c2ccc(C(=O)N[C@H](c3cccc(C(C)C)c3)C(C)(C)C)cc12.O=C=O. The molecule has 1 N–H and O–H groups in total. The summed E-state index contributed by atoms with van der Waals surface area (Å²) in [5.41, 5.74) is 10.3. The van der Waals surface area contributed by atoms with Crippen LogP contribution in [0.15, 0.2) is 97.1 Å². The minimum absolute atomic E-state index is 0.0388. The normalized spacial score (nSPS) is 11.9. The molecular formula is C39H42N2O3. The van der Waals surface area contributed by atoms with E-state index in [4.69, 9.17) is 9.59 Å². The number of nitrogens with one attached hydrogen (secondary N) is 1. The number of hydrogen-bond donors (Lipinski definition) is 1. The van der Waals surface area contributed by atoms with E-state index in [1.54, 1.807) is 0 Å². The van der Waals surface area contributed by atoms with Crippen LogP contribution in [0.25, 0.3) is 22.0 Å². The summed E-state index contributed by atoms with van der Waals surface area (Å²) < 4.78 is 2.36. The zero-order valence-corrected chi connectivity index (χ0v) is 26.8. The second kappa shape index (κ2) is 13.7. The van der Waals surface area contributed by atoms with Gasteiger partial charge in [-0.25, -0.2) is 0 Å². The lowest BCUT2D eigenvalue weighted by Gasteiger charge is -2.32.